The third-order valence-corrected chi connectivity index (χ3v) is 3.27. The normalized spacial score (nSPS) is 16.6. The fourth-order valence-corrected chi connectivity index (χ4v) is 2.27. The lowest BCUT2D eigenvalue weighted by molar-refractivity contribution is -0.131. The van der Waals surface area contributed by atoms with Crippen molar-refractivity contribution in [1.82, 2.24) is 0 Å². The molecule has 2 aromatic rings. The average molecular weight is 271 g/mol. The van der Waals surface area contributed by atoms with E-state index in [2.05, 4.69) is 0 Å². The molecule has 0 fully saturated rings. The van der Waals surface area contributed by atoms with Gasteiger partial charge in [-0.15, -0.1) is 0 Å². The second-order valence-electron chi connectivity index (χ2n) is 5.20. The highest BCUT2D eigenvalue weighted by atomic mass is 19.1. The van der Waals surface area contributed by atoms with E-state index in [1.54, 1.807) is 30.9 Å². The topological polar surface area (TPSA) is 29.5 Å². The highest BCUT2D eigenvalue weighted by Gasteiger charge is 2.41. The maximum Gasteiger partial charge on any atom is 0.275 e. The summed E-state index contributed by atoms with van der Waals surface area (Å²) in [6.45, 7) is 3.45. The molecule has 2 aromatic carbocycles. The van der Waals surface area contributed by atoms with Crippen molar-refractivity contribution in [2.24, 2.45) is 0 Å². The molecule has 0 spiro atoms. The maximum atomic E-state index is 13.1. The van der Waals surface area contributed by atoms with Crippen LogP contribution in [0.1, 0.15) is 13.8 Å². The van der Waals surface area contributed by atoms with E-state index in [-0.39, 0.29) is 11.7 Å². The van der Waals surface area contributed by atoms with Gasteiger partial charge in [0.15, 0.2) is 5.60 Å². The first-order valence-electron chi connectivity index (χ1n) is 6.37. The number of fused-ring (bicyclic) bond motifs is 1. The number of hydrogen-bond acceptors (Lipinski definition) is 2. The van der Waals surface area contributed by atoms with Gasteiger partial charge in [-0.2, -0.15) is 0 Å². The SMILES string of the molecule is CC1(C)Oc2ccccc2N(c2ccc(F)cc2)C1=O. The number of anilines is 2. The summed E-state index contributed by atoms with van der Waals surface area (Å²) in [4.78, 5) is 14.2. The van der Waals surface area contributed by atoms with Gasteiger partial charge in [0.25, 0.3) is 5.91 Å². The second-order valence-corrected chi connectivity index (χ2v) is 5.20. The van der Waals surface area contributed by atoms with Gasteiger partial charge in [0.2, 0.25) is 0 Å². The fraction of sp³-hybridized carbons (Fsp3) is 0.188. The molecule has 1 aliphatic heterocycles. The Bertz CT molecular complexity index is 664. The van der Waals surface area contributed by atoms with Crippen molar-refractivity contribution in [3.63, 3.8) is 0 Å². The van der Waals surface area contributed by atoms with Gasteiger partial charge in [-0.3, -0.25) is 9.69 Å². The zero-order valence-electron chi connectivity index (χ0n) is 11.3. The van der Waals surface area contributed by atoms with Crippen molar-refractivity contribution in [3.05, 3.63) is 54.3 Å². The Morgan fingerprint density at radius 1 is 1.05 bits per heavy atom. The Hall–Kier alpha value is -2.36. The van der Waals surface area contributed by atoms with Gasteiger partial charge in [0, 0.05) is 5.69 Å². The molecule has 3 rings (SSSR count). The van der Waals surface area contributed by atoms with Gasteiger partial charge < -0.3 is 4.74 Å². The van der Waals surface area contributed by atoms with E-state index < -0.39 is 5.60 Å². The third kappa shape index (κ3) is 1.93. The summed E-state index contributed by atoms with van der Waals surface area (Å²) >= 11 is 0. The van der Waals surface area contributed by atoms with E-state index in [1.165, 1.54) is 12.1 Å². The molecule has 4 heteroatoms. The Labute approximate surface area is 116 Å². The van der Waals surface area contributed by atoms with Gasteiger partial charge in [-0.25, -0.2) is 4.39 Å². The molecule has 0 saturated carbocycles. The van der Waals surface area contributed by atoms with Gasteiger partial charge in [0.05, 0.1) is 5.69 Å². The number of ether oxygens (including phenoxy) is 1. The summed E-state index contributed by atoms with van der Waals surface area (Å²) in [5.74, 6) is 0.131. The molecule has 1 aliphatic rings. The first-order valence-corrected chi connectivity index (χ1v) is 6.37. The Morgan fingerprint density at radius 3 is 2.40 bits per heavy atom. The quantitative estimate of drug-likeness (QED) is 0.792. The number of para-hydroxylation sites is 2. The van der Waals surface area contributed by atoms with Crippen LogP contribution in [0, 0.1) is 5.82 Å². The molecule has 0 saturated heterocycles. The van der Waals surface area contributed by atoms with Crippen LogP contribution < -0.4 is 9.64 Å². The van der Waals surface area contributed by atoms with Crippen LogP contribution in [0.15, 0.2) is 48.5 Å². The molecular weight excluding hydrogens is 257 g/mol. The van der Waals surface area contributed by atoms with Crippen LogP contribution in [0.3, 0.4) is 0 Å². The standard InChI is InChI=1S/C16H14FNO2/c1-16(2)15(19)18(12-9-7-11(17)8-10-12)13-5-3-4-6-14(13)20-16/h3-10H,1-2H3. The van der Waals surface area contributed by atoms with Crippen LogP contribution in [-0.4, -0.2) is 11.5 Å². The van der Waals surface area contributed by atoms with E-state index in [4.69, 9.17) is 4.74 Å². The molecule has 0 radical (unpaired) electrons. The number of nitrogens with zero attached hydrogens (tertiary/aromatic N) is 1. The molecule has 3 nitrogen and oxygen atoms in total. The summed E-state index contributed by atoms with van der Waals surface area (Å²) < 4.78 is 18.8. The number of carbonyl (C=O) groups is 1. The van der Waals surface area contributed by atoms with Crippen molar-refractivity contribution in [1.29, 1.82) is 0 Å². The Kier molecular flexibility index (Phi) is 2.74. The van der Waals surface area contributed by atoms with E-state index in [9.17, 15) is 9.18 Å². The van der Waals surface area contributed by atoms with Gasteiger partial charge in [0.1, 0.15) is 11.6 Å². The van der Waals surface area contributed by atoms with Gasteiger partial charge in [-0.05, 0) is 50.2 Å². The second kappa shape index (κ2) is 4.34. The van der Waals surface area contributed by atoms with Crippen LogP contribution in [-0.2, 0) is 4.79 Å². The van der Waals surface area contributed by atoms with Gasteiger partial charge >= 0.3 is 0 Å². The number of carbonyl (C=O) groups excluding carboxylic acids is 1. The lowest BCUT2D eigenvalue weighted by Gasteiger charge is -2.38. The molecule has 0 aliphatic carbocycles. The third-order valence-electron chi connectivity index (χ3n) is 3.27. The predicted molar refractivity (Wildman–Crippen MR) is 74.7 cm³/mol. The molecular formula is C16H14FNO2. The molecule has 1 amide bonds. The number of halogens is 1. The van der Waals surface area contributed by atoms with Crippen molar-refractivity contribution in [2.75, 3.05) is 4.90 Å². The summed E-state index contributed by atoms with van der Waals surface area (Å²) in [5.41, 5.74) is 0.339. The summed E-state index contributed by atoms with van der Waals surface area (Å²) in [7, 11) is 0. The minimum atomic E-state index is -0.956. The van der Waals surface area contributed by atoms with Gasteiger partial charge in [-0.1, -0.05) is 12.1 Å². The lowest BCUT2D eigenvalue weighted by Crippen LogP contribution is -2.50. The van der Waals surface area contributed by atoms with E-state index in [0.29, 0.717) is 17.1 Å². The lowest BCUT2D eigenvalue weighted by atomic mass is 10.0. The largest absolute Gasteiger partial charge is 0.476 e. The van der Waals surface area contributed by atoms with Crippen LogP contribution in [0.2, 0.25) is 0 Å². The monoisotopic (exact) mass is 271 g/mol. The highest BCUT2D eigenvalue weighted by molar-refractivity contribution is 6.07. The van der Waals surface area contributed by atoms with Crippen molar-refractivity contribution >= 4 is 17.3 Å². The van der Waals surface area contributed by atoms with E-state index in [0.717, 1.165) is 0 Å². The molecule has 0 unspecified atom stereocenters. The molecule has 20 heavy (non-hydrogen) atoms. The predicted octanol–water partition coefficient (Wildman–Crippen LogP) is 3.66. The average Bonchev–Trinajstić information content (AvgIpc) is 2.41. The molecule has 0 atom stereocenters. The van der Waals surface area contributed by atoms with Crippen molar-refractivity contribution in [3.8, 4) is 5.75 Å². The molecule has 0 bridgehead atoms. The number of rotatable bonds is 1. The Morgan fingerprint density at radius 2 is 1.70 bits per heavy atom. The van der Waals surface area contributed by atoms with E-state index >= 15 is 0 Å². The molecule has 0 N–H and O–H groups in total. The minimum absolute atomic E-state index is 0.178. The number of amides is 1. The summed E-state index contributed by atoms with van der Waals surface area (Å²) in [5, 5.41) is 0. The molecule has 102 valence electrons. The minimum Gasteiger partial charge on any atom is -0.476 e. The van der Waals surface area contributed by atoms with Crippen molar-refractivity contribution in [2.45, 2.75) is 19.4 Å². The van der Waals surface area contributed by atoms with Crippen LogP contribution in [0.5, 0.6) is 5.75 Å². The highest BCUT2D eigenvalue weighted by Crippen LogP contribution is 2.41. The Balaban J connectivity index is 2.17. The smallest absolute Gasteiger partial charge is 0.275 e. The molecule has 1 heterocycles. The fourth-order valence-electron chi connectivity index (χ4n) is 2.27. The first-order chi connectivity index (χ1) is 9.49. The zero-order chi connectivity index (χ0) is 14.3. The van der Waals surface area contributed by atoms with Crippen LogP contribution in [0.4, 0.5) is 15.8 Å². The van der Waals surface area contributed by atoms with Crippen LogP contribution in [0.25, 0.3) is 0 Å². The number of hydrogen-bond donors (Lipinski definition) is 0. The number of benzene rings is 2. The van der Waals surface area contributed by atoms with Crippen molar-refractivity contribution < 1.29 is 13.9 Å². The van der Waals surface area contributed by atoms with E-state index in [1.807, 2.05) is 24.3 Å². The van der Waals surface area contributed by atoms with Crippen LogP contribution >= 0.6 is 0 Å². The molecule has 0 aromatic heterocycles. The first kappa shape index (κ1) is 12.7. The summed E-state index contributed by atoms with van der Waals surface area (Å²) in [6.07, 6.45) is 0. The summed E-state index contributed by atoms with van der Waals surface area (Å²) in [6, 6.07) is 13.2. The zero-order valence-corrected chi connectivity index (χ0v) is 11.3. The maximum absolute atomic E-state index is 13.1.